The van der Waals surface area contributed by atoms with Gasteiger partial charge in [-0.2, -0.15) is 0 Å². The summed E-state index contributed by atoms with van der Waals surface area (Å²) in [4.78, 5) is 59.2. The van der Waals surface area contributed by atoms with Crippen molar-refractivity contribution in [1.29, 1.82) is 0 Å². The molecule has 0 aliphatic rings. The number of hydrogen-bond donors (Lipinski definition) is 14. The Morgan fingerprint density at radius 3 is 0.394 bits per heavy atom. The molecule has 0 aliphatic heterocycles. The van der Waals surface area contributed by atoms with Gasteiger partial charge in [0, 0.05) is 38.5 Å². The van der Waals surface area contributed by atoms with Gasteiger partial charge in [-0.15, -0.1) is 0 Å². The van der Waals surface area contributed by atoms with Crippen LogP contribution in [0.4, 0.5) is 0 Å². The number of aliphatic carboxylic acids is 6. The van der Waals surface area contributed by atoms with E-state index in [0.717, 1.165) is 116 Å². The summed E-state index contributed by atoms with van der Waals surface area (Å²) in [6.07, 6.45) is 19.7. The average molecular weight is 969 g/mol. The SMILES string of the molecule is CCCCCC(=O)O.CCCCCC(=O)O.CCCCCC(=O)O.CCCCCC(=O)O.CCCCCC(=O)O.CCCCCC(=O)O.OCC(CO)(CO)CO.OCC(CO)(CO)CO. The van der Waals surface area contributed by atoms with Crippen molar-refractivity contribution in [2.45, 2.75) is 196 Å². The van der Waals surface area contributed by atoms with E-state index in [1.54, 1.807) is 0 Å². The molecule has 0 bridgehead atoms. The lowest BCUT2D eigenvalue weighted by molar-refractivity contribution is -0.138. The van der Waals surface area contributed by atoms with Gasteiger partial charge in [-0.1, -0.05) is 119 Å². The van der Waals surface area contributed by atoms with Gasteiger partial charge in [0.15, 0.2) is 0 Å². The molecule has 0 spiro atoms. The summed E-state index contributed by atoms with van der Waals surface area (Å²) in [7, 11) is 0. The van der Waals surface area contributed by atoms with Crippen LogP contribution in [0.25, 0.3) is 0 Å². The Morgan fingerprint density at radius 2 is 0.348 bits per heavy atom. The molecule has 20 heteroatoms. The summed E-state index contributed by atoms with van der Waals surface area (Å²) in [6.45, 7) is 9.09. The maximum Gasteiger partial charge on any atom is 0.303 e. The number of aliphatic hydroxyl groups is 8. The van der Waals surface area contributed by atoms with Crippen LogP contribution >= 0.6 is 0 Å². The van der Waals surface area contributed by atoms with Gasteiger partial charge in [-0.3, -0.25) is 28.8 Å². The van der Waals surface area contributed by atoms with Crippen LogP contribution in [0.3, 0.4) is 0 Å². The van der Waals surface area contributed by atoms with Crippen molar-refractivity contribution < 1.29 is 100 Å². The smallest absolute Gasteiger partial charge is 0.303 e. The molecule has 0 saturated carbocycles. The fourth-order valence-corrected chi connectivity index (χ4v) is 3.76. The lowest BCUT2D eigenvalue weighted by Crippen LogP contribution is -2.37. The topological polar surface area (TPSA) is 386 Å². The first-order valence-corrected chi connectivity index (χ1v) is 23.3. The van der Waals surface area contributed by atoms with Gasteiger partial charge in [0.05, 0.1) is 63.7 Å². The Hall–Kier alpha value is -3.50. The molecule has 0 radical (unpaired) electrons. The molecular formula is C46H96O20. The van der Waals surface area contributed by atoms with Crippen molar-refractivity contribution in [3.05, 3.63) is 0 Å². The molecule has 0 amide bonds. The highest BCUT2D eigenvalue weighted by molar-refractivity contribution is 5.68. The van der Waals surface area contributed by atoms with Crippen molar-refractivity contribution >= 4 is 35.8 Å². The third kappa shape index (κ3) is 84.0. The Bertz CT molecular complexity index is 824. The van der Waals surface area contributed by atoms with Crippen LogP contribution in [0, 0.1) is 10.8 Å². The Labute approximate surface area is 394 Å². The van der Waals surface area contributed by atoms with E-state index in [9.17, 15) is 28.8 Å². The number of unbranched alkanes of at least 4 members (excludes halogenated alkanes) is 12. The summed E-state index contributed by atoms with van der Waals surface area (Å²) in [5.74, 6) is -4.09. The molecule has 0 fully saturated rings. The molecule has 0 saturated heterocycles. The normalized spacial score (nSPS) is 9.91. The number of carboxylic acid groups (broad SMARTS) is 6. The van der Waals surface area contributed by atoms with Crippen molar-refractivity contribution in [2.24, 2.45) is 10.8 Å². The van der Waals surface area contributed by atoms with Gasteiger partial charge in [-0.05, 0) is 38.5 Å². The third-order valence-electron chi connectivity index (χ3n) is 8.65. The fourth-order valence-electron chi connectivity index (χ4n) is 3.76. The van der Waals surface area contributed by atoms with E-state index in [0.29, 0.717) is 38.5 Å². The van der Waals surface area contributed by atoms with Crippen LogP contribution in [0.1, 0.15) is 196 Å². The standard InChI is InChI=1S/6C6H12O2.2C5H12O4/c6*1-2-3-4-5-6(7)8;2*6-1-5(2-7,3-8)4-9/h6*2-5H2,1H3,(H,7,8);2*6-9H,1-4H2. The molecule has 0 aromatic carbocycles. The highest BCUT2D eigenvalue weighted by Gasteiger charge is 2.27. The molecule has 0 atom stereocenters. The molecule has 20 nitrogen and oxygen atoms in total. The summed E-state index contributed by atoms with van der Waals surface area (Å²) in [6, 6.07) is 0. The highest BCUT2D eigenvalue weighted by atomic mass is 16.4. The lowest BCUT2D eigenvalue weighted by atomic mass is 9.93. The molecule has 66 heavy (non-hydrogen) atoms. The maximum absolute atomic E-state index is 9.87. The van der Waals surface area contributed by atoms with Crippen LogP contribution in [-0.2, 0) is 28.8 Å². The zero-order chi connectivity index (χ0) is 53.1. The number of carboxylic acids is 6. The quantitative estimate of drug-likeness (QED) is 0.0354. The zero-order valence-corrected chi connectivity index (χ0v) is 41.3. The minimum Gasteiger partial charge on any atom is -0.481 e. The van der Waals surface area contributed by atoms with Crippen LogP contribution in [0.15, 0.2) is 0 Å². The molecule has 0 unspecified atom stereocenters. The second-order valence-electron chi connectivity index (χ2n) is 15.4. The van der Waals surface area contributed by atoms with Gasteiger partial charge < -0.3 is 71.5 Å². The Balaban J connectivity index is -0.0000000971. The van der Waals surface area contributed by atoms with Crippen molar-refractivity contribution in [2.75, 3.05) is 52.9 Å². The van der Waals surface area contributed by atoms with E-state index in [-0.39, 0.29) is 0 Å². The summed E-state index contributed by atoms with van der Waals surface area (Å²) < 4.78 is 0. The first-order valence-electron chi connectivity index (χ1n) is 23.3. The van der Waals surface area contributed by atoms with Gasteiger partial charge in [-0.25, -0.2) is 0 Å². The third-order valence-corrected chi connectivity index (χ3v) is 8.65. The van der Waals surface area contributed by atoms with Crippen molar-refractivity contribution in [1.82, 2.24) is 0 Å². The van der Waals surface area contributed by atoms with Gasteiger partial charge in [0.1, 0.15) is 0 Å². The Kier molecular flexibility index (Phi) is 79.3. The molecule has 0 heterocycles. The van der Waals surface area contributed by atoms with E-state index in [1.807, 2.05) is 0 Å². The van der Waals surface area contributed by atoms with E-state index >= 15 is 0 Å². The second-order valence-corrected chi connectivity index (χ2v) is 15.4. The summed E-state index contributed by atoms with van der Waals surface area (Å²) >= 11 is 0. The van der Waals surface area contributed by atoms with Crippen LogP contribution in [0.5, 0.6) is 0 Å². The molecule has 400 valence electrons. The molecule has 0 aliphatic carbocycles. The molecule has 0 rings (SSSR count). The predicted molar refractivity (Wildman–Crippen MR) is 252 cm³/mol. The summed E-state index contributed by atoms with van der Waals surface area (Å²) in [5.41, 5.74) is -2.22. The minimum atomic E-state index is -1.11. The van der Waals surface area contributed by atoms with E-state index in [1.165, 1.54) is 0 Å². The van der Waals surface area contributed by atoms with E-state index in [4.69, 9.17) is 71.5 Å². The molecule has 14 N–H and O–H groups in total. The van der Waals surface area contributed by atoms with Crippen LogP contribution in [0.2, 0.25) is 0 Å². The summed E-state index contributed by atoms with van der Waals surface area (Å²) in [5, 5.41) is 117. The number of aliphatic hydroxyl groups excluding tert-OH is 8. The van der Waals surface area contributed by atoms with E-state index < -0.39 is 99.5 Å². The van der Waals surface area contributed by atoms with E-state index in [2.05, 4.69) is 41.5 Å². The van der Waals surface area contributed by atoms with Gasteiger partial charge >= 0.3 is 35.8 Å². The monoisotopic (exact) mass is 969 g/mol. The second kappa shape index (κ2) is 65.8. The van der Waals surface area contributed by atoms with Crippen molar-refractivity contribution in [3.8, 4) is 0 Å². The number of hydrogen-bond acceptors (Lipinski definition) is 14. The number of rotatable bonds is 32. The van der Waals surface area contributed by atoms with Crippen LogP contribution in [-0.4, -0.2) is 160 Å². The molecular weight excluding hydrogens is 872 g/mol. The largest absolute Gasteiger partial charge is 0.481 e. The minimum absolute atomic E-state index is 0.327. The lowest BCUT2D eigenvalue weighted by Gasteiger charge is -2.23. The van der Waals surface area contributed by atoms with Gasteiger partial charge in [0.25, 0.3) is 0 Å². The Morgan fingerprint density at radius 1 is 0.242 bits per heavy atom. The number of carbonyl (C=O) groups is 6. The first-order chi connectivity index (χ1) is 31.1. The van der Waals surface area contributed by atoms with Crippen LogP contribution < -0.4 is 0 Å². The fraction of sp³-hybridized carbons (Fsp3) is 0.870. The first kappa shape index (κ1) is 79.6. The molecule has 0 aromatic heterocycles. The van der Waals surface area contributed by atoms with Gasteiger partial charge in [0.2, 0.25) is 0 Å². The van der Waals surface area contributed by atoms with Crippen molar-refractivity contribution in [3.63, 3.8) is 0 Å². The highest BCUT2D eigenvalue weighted by Crippen LogP contribution is 2.12. The zero-order valence-electron chi connectivity index (χ0n) is 41.3. The maximum atomic E-state index is 9.87. The average Bonchev–Trinajstić information content (AvgIpc) is 3.27. The predicted octanol–water partition coefficient (Wildman–Crippen LogP) is 5.79. The molecule has 0 aromatic rings.